The summed E-state index contributed by atoms with van der Waals surface area (Å²) < 4.78 is 32.2. The SMILES string of the molecule is C[C@@H](O)[C@@H](C)Oc1ccnc(SCc2cccc(F)c2F)n1. The predicted octanol–water partition coefficient (Wildman–Crippen LogP) is 3.20. The molecule has 0 fully saturated rings. The van der Waals surface area contributed by atoms with Gasteiger partial charge in [0, 0.05) is 23.6 Å². The average Bonchev–Trinajstić information content (AvgIpc) is 2.49. The molecule has 2 aromatic rings. The number of benzene rings is 1. The number of thioether (sulfide) groups is 1. The van der Waals surface area contributed by atoms with Crippen molar-refractivity contribution < 1.29 is 18.6 Å². The molecule has 2 rings (SSSR count). The maximum absolute atomic E-state index is 13.6. The molecule has 1 aromatic carbocycles. The molecule has 0 radical (unpaired) electrons. The first-order valence-corrected chi connectivity index (χ1v) is 7.69. The highest BCUT2D eigenvalue weighted by Gasteiger charge is 2.12. The van der Waals surface area contributed by atoms with Crippen LogP contribution in [0, 0.1) is 11.6 Å². The van der Waals surface area contributed by atoms with E-state index in [1.807, 2.05) is 0 Å². The second kappa shape index (κ2) is 7.51. The third-order valence-electron chi connectivity index (χ3n) is 2.98. The maximum atomic E-state index is 13.6. The molecule has 0 bridgehead atoms. The van der Waals surface area contributed by atoms with Gasteiger partial charge in [-0.1, -0.05) is 23.9 Å². The minimum atomic E-state index is -0.873. The van der Waals surface area contributed by atoms with Crippen molar-refractivity contribution in [3.8, 4) is 5.88 Å². The summed E-state index contributed by atoms with van der Waals surface area (Å²) in [4.78, 5) is 8.22. The Morgan fingerprint density at radius 2 is 2.05 bits per heavy atom. The molecular formula is C15H16F2N2O2S. The van der Waals surface area contributed by atoms with Crippen molar-refractivity contribution in [2.45, 2.75) is 37.0 Å². The molecule has 2 atom stereocenters. The normalized spacial score (nSPS) is 13.7. The molecule has 0 saturated heterocycles. The highest BCUT2D eigenvalue weighted by atomic mass is 32.2. The fraction of sp³-hybridized carbons (Fsp3) is 0.333. The Hall–Kier alpha value is -1.73. The van der Waals surface area contributed by atoms with Crippen LogP contribution in [-0.2, 0) is 5.75 Å². The molecule has 0 aliphatic rings. The van der Waals surface area contributed by atoms with Crippen molar-refractivity contribution >= 4 is 11.8 Å². The van der Waals surface area contributed by atoms with E-state index >= 15 is 0 Å². The predicted molar refractivity (Wildman–Crippen MR) is 79.7 cm³/mol. The van der Waals surface area contributed by atoms with Crippen LogP contribution in [0.25, 0.3) is 0 Å². The van der Waals surface area contributed by atoms with Crippen LogP contribution in [0.1, 0.15) is 19.4 Å². The van der Waals surface area contributed by atoms with Crippen molar-refractivity contribution in [1.29, 1.82) is 0 Å². The van der Waals surface area contributed by atoms with Gasteiger partial charge in [0.25, 0.3) is 0 Å². The van der Waals surface area contributed by atoms with Gasteiger partial charge >= 0.3 is 0 Å². The molecule has 0 saturated carbocycles. The first kappa shape index (κ1) is 16.6. The number of aliphatic hydroxyl groups is 1. The molecular weight excluding hydrogens is 310 g/mol. The van der Waals surface area contributed by atoms with Crippen LogP contribution in [0.3, 0.4) is 0 Å². The Morgan fingerprint density at radius 1 is 1.27 bits per heavy atom. The van der Waals surface area contributed by atoms with Crippen LogP contribution in [-0.4, -0.2) is 27.3 Å². The van der Waals surface area contributed by atoms with E-state index in [9.17, 15) is 13.9 Å². The molecule has 0 amide bonds. The summed E-state index contributed by atoms with van der Waals surface area (Å²) in [6, 6.07) is 5.62. The standard InChI is InChI=1S/C15H16F2N2O2S/c1-9(20)10(2)21-13-6-7-18-15(19-13)22-8-11-4-3-5-12(16)14(11)17/h3-7,9-10,20H,8H2,1-2H3/t9-,10-/m1/s1. The second-order valence-electron chi connectivity index (χ2n) is 4.74. The Labute approximate surface area is 131 Å². The van der Waals surface area contributed by atoms with Gasteiger partial charge in [0.2, 0.25) is 5.88 Å². The molecule has 1 aromatic heterocycles. The molecule has 1 heterocycles. The van der Waals surface area contributed by atoms with Crippen molar-refractivity contribution in [2.75, 3.05) is 0 Å². The molecule has 0 aliphatic carbocycles. The molecule has 4 nitrogen and oxygen atoms in total. The number of halogens is 2. The monoisotopic (exact) mass is 326 g/mol. The third-order valence-corrected chi connectivity index (χ3v) is 3.89. The van der Waals surface area contributed by atoms with Crippen molar-refractivity contribution in [1.82, 2.24) is 9.97 Å². The van der Waals surface area contributed by atoms with E-state index in [-0.39, 0.29) is 11.3 Å². The van der Waals surface area contributed by atoms with Gasteiger partial charge in [-0.3, -0.25) is 0 Å². The number of aliphatic hydroxyl groups excluding tert-OH is 1. The lowest BCUT2D eigenvalue weighted by molar-refractivity contribution is 0.0569. The van der Waals surface area contributed by atoms with Gasteiger partial charge in [-0.2, -0.15) is 4.98 Å². The Balaban J connectivity index is 2.03. The summed E-state index contributed by atoms with van der Waals surface area (Å²) in [7, 11) is 0. The van der Waals surface area contributed by atoms with Crippen LogP contribution >= 0.6 is 11.8 Å². The highest BCUT2D eigenvalue weighted by molar-refractivity contribution is 7.98. The summed E-state index contributed by atoms with van der Waals surface area (Å²) in [5.41, 5.74) is 0.247. The lowest BCUT2D eigenvalue weighted by Crippen LogP contribution is -2.26. The van der Waals surface area contributed by atoms with Gasteiger partial charge < -0.3 is 9.84 Å². The summed E-state index contributed by atoms with van der Waals surface area (Å²) >= 11 is 1.17. The summed E-state index contributed by atoms with van der Waals surface area (Å²) in [6.07, 6.45) is 0.474. The Kier molecular flexibility index (Phi) is 5.68. The van der Waals surface area contributed by atoms with E-state index in [0.29, 0.717) is 11.0 Å². The molecule has 22 heavy (non-hydrogen) atoms. The van der Waals surface area contributed by atoms with Crippen molar-refractivity contribution in [3.05, 3.63) is 47.7 Å². The zero-order valence-corrected chi connectivity index (χ0v) is 13.0. The number of nitrogens with zero attached hydrogens (tertiary/aromatic N) is 2. The zero-order chi connectivity index (χ0) is 16.1. The summed E-state index contributed by atoms with van der Waals surface area (Å²) in [5, 5.41) is 9.80. The molecule has 1 N–H and O–H groups in total. The van der Waals surface area contributed by atoms with E-state index in [1.54, 1.807) is 19.9 Å². The van der Waals surface area contributed by atoms with Gasteiger partial charge in [-0.05, 0) is 19.9 Å². The van der Waals surface area contributed by atoms with Gasteiger partial charge in [0.05, 0.1) is 6.10 Å². The molecule has 0 unspecified atom stereocenters. The van der Waals surface area contributed by atoms with E-state index in [0.717, 1.165) is 6.07 Å². The molecule has 7 heteroatoms. The van der Waals surface area contributed by atoms with Gasteiger partial charge in [0.15, 0.2) is 16.8 Å². The fourth-order valence-corrected chi connectivity index (χ4v) is 2.35. The lowest BCUT2D eigenvalue weighted by atomic mass is 10.2. The number of rotatable bonds is 6. The van der Waals surface area contributed by atoms with Crippen LogP contribution < -0.4 is 4.74 Å². The van der Waals surface area contributed by atoms with Crippen LogP contribution in [0.2, 0.25) is 0 Å². The average molecular weight is 326 g/mol. The van der Waals surface area contributed by atoms with Crippen LogP contribution in [0.15, 0.2) is 35.6 Å². The van der Waals surface area contributed by atoms with Crippen LogP contribution in [0.4, 0.5) is 8.78 Å². The van der Waals surface area contributed by atoms with Gasteiger partial charge in [-0.25, -0.2) is 13.8 Å². The molecule has 0 spiro atoms. The smallest absolute Gasteiger partial charge is 0.217 e. The minimum Gasteiger partial charge on any atom is -0.472 e. The number of aromatic nitrogens is 2. The molecule has 118 valence electrons. The number of ether oxygens (including phenoxy) is 1. The number of hydrogen-bond acceptors (Lipinski definition) is 5. The summed E-state index contributed by atoms with van der Waals surface area (Å²) in [6.45, 7) is 3.34. The maximum Gasteiger partial charge on any atom is 0.217 e. The van der Waals surface area contributed by atoms with E-state index in [2.05, 4.69) is 9.97 Å². The zero-order valence-electron chi connectivity index (χ0n) is 12.2. The Morgan fingerprint density at radius 3 is 2.77 bits per heavy atom. The van der Waals surface area contributed by atoms with E-state index < -0.39 is 23.8 Å². The van der Waals surface area contributed by atoms with E-state index in [1.165, 1.54) is 30.1 Å². The van der Waals surface area contributed by atoms with E-state index in [4.69, 9.17) is 4.74 Å². The third kappa shape index (κ3) is 4.38. The minimum absolute atomic E-state index is 0.207. The first-order chi connectivity index (χ1) is 10.5. The molecule has 0 aliphatic heterocycles. The highest BCUT2D eigenvalue weighted by Crippen LogP contribution is 2.23. The largest absolute Gasteiger partial charge is 0.472 e. The summed E-state index contributed by atoms with van der Waals surface area (Å²) in [5.74, 6) is -1.20. The van der Waals surface area contributed by atoms with Crippen LogP contribution in [0.5, 0.6) is 5.88 Å². The lowest BCUT2D eigenvalue weighted by Gasteiger charge is -2.16. The van der Waals surface area contributed by atoms with Gasteiger partial charge in [0.1, 0.15) is 6.10 Å². The second-order valence-corrected chi connectivity index (χ2v) is 5.69. The van der Waals surface area contributed by atoms with Crippen molar-refractivity contribution in [2.24, 2.45) is 0 Å². The number of hydrogen-bond donors (Lipinski definition) is 1. The van der Waals surface area contributed by atoms with Crippen molar-refractivity contribution in [3.63, 3.8) is 0 Å². The fourth-order valence-electron chi connectivity index (χ4n) is 1.55. The van der Waals surface area contributed by atoms with Gasteiger partial charge in [-0.15, -0.1) is 0 Å². The first-order valence-electron chi connectivity index (χ1n) is 6.71. The Bertz CT molecular complexity index is 641. The topological polar surface area (TPSA) is 55.2 Å². The quantitative estimate of drug-likeness (QED) is 0.652.